The number of hydrogen-bond donors (Lipinski definition) is 0. The van der Waals surface area contributed by atoms with Crippen molar-refractivity contribution in [1.29, 1.82) is 0 Å². The number of aromatic nitrogens is 1. The zero-order valence-corrected chi connectivity index (χ0v) is 33.9. The van der Waals surface area contributed by atoms with Gasteiger partial charge in [-0.1, -0.05) is 164 Å². The molecule has 3 heteroatoms. The van der Waals surface area contributed by atoms with Crippen LogP contribution in [0.4, 0.5) is 17.1 Å². The van der Waals surface area contributed by atoms with Crippen LogP contribution >= 0.6 is 11.3 Å². The molecule has 0 saturated carbocycles. The van der Waals surface area contributed by atoms with E-state index in [2.05, 4.69) is 228 Å². The Kier molecular flexibility index (Phi) is 7.51. The highest BCUT2D eigenvalue weighted by atomic mass is 32.1. The van der Waals surface area contributed by atoms with E-state index in [0.717, 1.165) is 22.7 Å². The van der Waals surface area contributed by atoms with E-state index >= 15 is 0 Å². The summed E-state index contributed by atoms with van der Waals surface area (Å²) in [4.78, 5) is 2.48. The summed E-state index contributed by atoms with van der Waals surface area (Å²) in [5.41, 5.74) is 9.35. The molecule has 0 aliphatic rings. The van der Waals surface area contributed by atoms with E-state index in [1.807, 2.05) is 11.3 Å². The SMILES string of the molecule is c1ccc(N(c2ccc3c4ccccc4c4ccccc4c3c2)c2cc3ccccc3c3c2c2ccc(-c4cccc5c4sc4ccccc45)cc2n3-c2ccccc2)cc1. The van der Waals surface area contributed by atoms with Crippen LogP contribution in [-0.2, 0) is 0 Å². The molecule has 2 heterocycles. The van der Waals surface area contributed by atoms with Crippen LogP contribution in [-0.4, -0.2) is 4.57 Å². The Balaban J connectivity index is 1.15. The third-order valence-electron chi connectivity index (χ3n) is 12.7. The monoisotopic (exact) mass is 792 g/mol. The van der Waals surface area contributed by atoms with E-state index in [1.165, 1.54) is 96.2 Å². The molecule has 0 aliphatic heterocycles. The quantitative estimate of drug-likeness (QED) is 0.158. The second-order valence-corrected chi connectivity index (χ2v) is 17.1. The molecule has 0 fully saturated rings. The van der Waals surface area contributed by atoms with Crippen molar-refractivity contribution in [2.75, 3.05) is 4.90 Å². The lowest BCUT2D eigenvalue weighted by molar-refractivity contribution is 1.19. The third kappa shape index (κ3) is 5.14. The number of fused-ring (bicyclic) bond motifs is 14. The Morgan fingerprint density at radius 3 is 1.72 bits per heavy atom. The summed E-state index contributed by atoms with van der Waals surface area (Å²) in [7, 11) is 0. The molecule has 13 rings (SSSR count). The standard InChI is InChI=1S/C58H36N2S/c1-3-17-39(18-4-1)59(41-31-33-48-46-24-10-9-22-44(46)45-23-11-12-25-47(45)52(48)36-41)54-35-37-16-7-8-21-42(37)57-56(54)51-32-30-38(34-53(51)60(57)40-19-5-2-6-20-40)43-27-15-28-50-49-26-13-14-29-55(49)61-58(43)50/h1-36H. The van der Waals surface area contributed by atoms with Gasteiger partial charge in [-0.15, -0.1) is 11.3 Å². The van der Waals surface area contributed by atoms with Gasteiger partial charge in [0.2, 0.25) is 0 Å². The van der Waals surface area contributed by atoms with Crippen LogP contribution in [0.2, 0.25) is 0 Å². The molecule has 0 atom stereocenters. The largest absolute Gasteiger partial charge is 0.310 e. The third-order valence-corrected chi connectivity index (χ3v) is 13.9. The molecule has 0 amide bonds. The molecular weight excluding hydrogens is 757 g/mol. The minimum absolute atomic E-state index is 1.11. The van der Waals surface area contributed by atoms with Crippen molar-refractivity contribution in [2.24, 2.45) is 0 Å². The highest BCUT2D eigenvalue weighted by Gasteiger charge is 2.25. The second-order valence-electron chi connectivity index (χ2n) is 16.0. The second kappa shape index (κ2) is 13.4. The minimum Gasteiger partial charge on any atom is -0.310 e. The van der Waals surface area contributed by atoms with Crippen molar-refractivity contribution in [3.05, 3.63) is 218 Å². The number of nitrogens with zero attached hydrogens (tertiary/aromatic N) is 2. The summed E-state index contributed by atoms with van der Waals surface area (Å²) in [6.07, 6.45) is 0. The van der Waals surface area contributed by atoms with E-state index in [1.54, 1.807) is 0 Å². The molecule has 284 valence electrons. The van der Waals surface area contributed by atoms with Gasteiger partial charge in [-0.05, 0) is 103 Å². The van der Waals surface area contributed by atoms with Gasteiger partial charge in [-0.3, -0.25) is 0 Å². The summed E-state index contributed by atoms with van der Waals surface area (Å²) in [5.74, 6) is 0. The highest BCUT2D eigenvalue weighted by molar-refractivity contribution is 7.26. The summed E-state index contributed by atoms with van der Waals surface area (Å²) >= 11 is 1.89. The van der Waals surface area contributed by atoms with Crippen molar-refractivity contribution in [3.8, 4) is 16.8 Å². The van der Waals surface area contributed by atoms with Crippen LogP contribution in [0.15, 0.2) is 218 Å². The molecule has 0 spiro atoms. The van der Waals surface area contributed by atoms with Crippen LogP contribution in [0.5, 0.6) is 0 Å². The fourth-order valence-electron chi connectivity index (χ4n) is 10.1. The van der Waals surface area contributed by atoms with Crippen molar-refractivity contribution < 1.29 is 0 Å². The fourth-order valence-corrected chi connectivity index (χ4v) is 11.3. The number of benzene rings is 11. The lowest BCUT2D eigenvalue weighted by Gasteiger charge is -2.28. The Hall–Kier alpha value is -7.72. The normalized spacial score (nSPS) is 11.9. The van der Waals surface area contributed by atoms with Gasteiger partial charge in [0, 0.05) is 53.4 Å². The molecule has 13 aromatic rings. The smallest absolute Gasteiger partial charge is 0.0640 e. The van der Waals surface area contributed by atoms with Crippen LogP contribution in [0.25, 0.3) is 102 Å². The van der Waals surface area contributed by atoms with Gasteiger partial charge >= 0.3 is 0 Å². The first-order valence-electron chi connectivity index (χ1n) is 20.9. The first-order chi connectivity index (χ1) is 30.3. The molecule has 2 aromatic heterocycles. The molecule has 2 nitrogen and oxygen atoms in total. The van der Waals surface area contributed by atoms with Crippen LogP contribution in [0.1, 0.15) is 0 Å². The number of para-hydroxylation sites is 2. The molecule has 11 aromatic carbocycles. The number of thiophene rings is 1. The molecule has 0 saturated heterocycles. The summed E-state index contributed by atoms with van der Waals surface area (Å²) in [5, 5.41) is 15.1. The first kappa shape index (κ1) is 34.2. The van der Waals surface area contributed by atoms with Crippen molar-refractivity contribution >= 4 is 113 Å². The van der Waals surface area contributed by atoms with E-state index in [-0.39, 0.29) is 0 Å². The van der Waals surface area contributed by atoms with Crippen LogP contribution < -0.4 is 4.90 Å². The lowest BCUT2D eigenvalue weighted by Crippen LogP contribution is -2.10. The van der Waals surface area contributed by atoms with E-state index in [4.69, 9.17) is 0 Å². The summed E-state index contributed by atoms with van der Waals surface area (Å²) in [6, 6.07) is 80.6. The number of rotatable bonds is 5. The maximum Gasteiger partial charge on any atom is 0.0640 e. The number of anilines is 3. The van der Waals surface area contributed by atoms with Crippen LogP contribution in [0.3, 0.4) is 0 Å². The van der Waals surface area contributed by atoms with Crippen molar-refractivity contribution in [3.63, 3.8) is 0 Å². The zero-order chi connectivity index (χ0) is 40.0. The van der Waals surface area contributed by atoms with Gasteiger partial charge in [-0.25, -0.2) is 0 Å². The van der Waals surface area contributed by atoms with Crippen molar-refractivity contribution in [1.82, 2.24) is 4.57 Å². The Bertz CT molecular complexity index is 3840. The topological polar surface area (TPSA) is 8.17 Å². The summed E-state index contributed by atoms with van der Waals surface area (Å²) < 4.78 is 5.15. The van der Waals surface area contributed by atoms with Gasteiger partial charge in [0.25, 0.3) is 0 Å². The average Bonchev–Trinajstić information content (AvgIpc) is 3.89. The highest BCUT2D eigenvalue weighted by Crippen LogP contribution is 2.49. The molecule has 0 bridgehead atoms. The van der Waals surface area contributed by atoms with E-state index in [0.29, 0.717) is 0 Å². The predicted octanol–water partition coefficient (Wildman–Crippen LogP) is 16.9. The molecule has 0 aliphatic carbocycles. The molecule has 0 unspecified atom stereocenters. The van der Waals surface area contributed by atoms with Crippen molar-refractivity contribution in [2.45, 2.75) is 0 Å². The van der Waals surface area contributed by atoms with Gasteiger partial charge in [0.1, 0.15) is 0 Å². The Labute approximate surface area is 356 Å². The molecule has 61 heavy (non-hydrogen) atoms. The molecule has 0 radical (unpaired) electrons. The van der Waals surface area contributed by atoms with Gasteiger partial charge < -0.3 is 9.47 Å². The molecule has 0 N–H and O–H groups in total. The number of hydrogen-bond acceptors (Lipinski definition) is 2. The molecular formula is C58H36N2S. The maximum atomic E-state index is 2.51. The predicted molar refractivity (Wildman–Crippen MR) is 264 cm³/mol. The Morgan fingerprint density at radius 1 is 0.377 bits per heavy atom. The zero-order valence-electron chi connectivity index (χ0n) is 33.1. The lowest BCUT2D eigenvalue weighted by atomic mass is 9.93. The summed E-state index contributed by atoms with van der Waals surface area (Å²) in [6.45, 7) is 0. The van der Waals surface area contributed by atoms with E-state index < -0.39 is 0 Å². The average molecular weight is 793 g/mol. The first-order valence-corrected chi connectivity index (χ1v) is 21.7. The van der Waals surface area contributed by atoms with Gasteiger partial charge in [0.15, 0.2) is 0 Å². The van der Waals surface area contributed by atoms with E-state index in [9.17, 15) is 0 Å². The minimum atomic E-state index is 1.11. The maximum absolute atomic E-state index is 2.51. The fraction of sp³-hybridized carbons (Fsp3) is 0. The van der Waals surface area contributed by atoms with Gasteiger partial charge in [-0.2, -0.15) is 0 Å². The van der Waals surface area contributed by atoms with Gasteiger partial charge in [0.05, 0.1) is 16.7 Å². The Morgan fingerprint density at radius 2 is 0.967 bits per heavy atom. The van der Waals surface area contributed by atoms with Crippen LogP contribution in [0, 0.1) is 0 Å².